The number of carboxylic acid groups (broad SMARTS) is 1. The fourth-order valence-electron chi connectivity index (χ4n) is 3.01. The maximum absolute atomic E-state index is 12.3. The van der Waals surface area contributed by atoms with Crippen molar-refractivity contribution in [3.63, 3.8) is 0 Å². The molecule has 102 valence electrons. The van der Waals surface area contributed by atoms with Crippen LogP contribution in [0.2, 0.25) is 0 Å². The molecule has 2 aliphatic rings. The predicted molar refractivity (Wildman–Crippen MR) is 66.0 cm³/mol. The lowest BCUT2D eigenvalue weighted by Gasteiger charge is -2.41. The van der Waals surface area contributed by atoms with Gasteiger partial charge in [-0.2, -0.15) is 0 Å². The molecule has 18 heavy (non-hydrogen) atoms. The maximum Gasteiger partial charge on any atom is 0.324 e. The first-order valence-corrected chi connectivity index (χ1v) is 6.85. The lowest BCUT2D eigenvalue weighted by atomic mass is 9.74. The summed E-state index contributed by atoms with van der Waals surface area (Å²) in [5.74, 6) is -1.16. The number of aliphatic carboxylic acids is 1. The molecule has 2 aliphatic carbocycles. The normalized spacial score (nSPS) is 23.4. The number of carbonyl (C=O) groups is 2. The summed E-state index contributed by atoms with van der Waals surface area (Å²) in [4.78, 5) is 23.7. The van der Waals surface area contributed by atoms with Crippen molar-refractivity contribution in [1.82, 2.24) is 0 Å². The average molecular weight is 254 g/mol. The minimum atomic E-state index is -1.28. The summed E-state index contributed by atoms with van der Waals surface area (Å²) in [5.41, 5.74) is -1.80. The van der Waals surface area contributed by atoms with Crippen molar-refractivity contribution in [3.8, 4) is 0 Å². The van der Waals surface area contributed by atoms with Gasteiger partial charge in [0.25, 0.3) is 0 Å². The highest BCUT2D eigenvalue weighted by Crippen LogP contribution is 2.43. The van der Waals surface area contributed by atoms with E-state index in [2.05, 4.69) is 0 Å². The lowest BCUT2D eigenvalue weighted by molar-refractivity contribution is -0.184. The molecule has 2 saturated carbocycles. The van der Waals surface area contributed by atoms with E-state index in [1.54, 1.807) is 0 Å². The van der Waals surface area contributed by atoms with Gasteiger partial charge < -0.3 is 9.84 Å². The van der Waals surface area contributed by atoms with E-state index >= 15 is 0 Å². The number of hydrogen-bond donors (Lipinski definition) is 1. The molecule has 0 spiro atoms. The first kappa shape index (κ1) is 13.4. The Kier molecular flexibility index (Phi) is 3.39. The fraction of sp³-hybridized carbons (Fsp3) is 0.857. The molecule has 0 radical (unpaired) electrons. The Hall–Kier alpha value is -1.06. The molecule has 4 heteroatoms. The third-order valence-corrected chi connectivity index (χ3v) is 4.70. The lowest BCUT2D eigenvalue weighted by Crippen LogP contribution is -2.46. The summed E-state index contributed by atoms with van der Waals surface area (Å²) in [7, 11) is 0. The zero-order chi connectivity index (χ0) is 13.4. The highest BCUT2D eigenvalue weighted by atomic mass is 16.6. The van der Waals surface area contributed by atoms with Crippen molar-refractivity contribution in [1.29, 1.82) is 0 Å². The van der Waals surface area contributed by atoms with Crippen LogP contribution in [0, 0.1) is 11.3 Å². The Morgan fingerprint density at radius 1 is 1.17 bits per heavy atom. The maximum atomic E-state index is 12.3. The summed E-state index contributed by atoms with van der Waals surface area (Å²) < 4.78 is 5.57. The summed E-state index contributed by atoms with van der Waals surface area (Å²) in [6.45, 7) is 3.80. The van der Waals surface area contributed by atoms with Gasteiger partial charge in [-0.15, -0.1) is 0 Å². The molecule has 0 heterocycles. The van der Waals surface area contributed by atoms with Crippen LogP contribution in [0.3, 0.4) is 0 Å². The van der Waals surface area contributed by atoms with Gasteiger partial charge in [0, 0.05) is 0 Å². The minimum absolute atomic E-state index is 0.383. The third-order valence-electron chi connectivity index (χ3n) is 4.70. The van der Waals surface area contributed by atoms with Crippen LogP contribution >= 0.6 is 0 Å². The highest BCUT2D eigenvalue weighted by Gasteiger charge is 2.52. The number of carboxylic acids is 1. The number of hydrogen-bond acceptors (Lipinski definition) is 3. The molecule has 0 atom stereocenters. The Bertz CT molecular complexity index is 349. The number of ether oxygens (including phenoxy) is 1. The van der Waals surface area contributed by atoms with E-state index in [4.69, 9.17) is 4.74 Å². The molecule has 2 fully saturated rings. The molecule has 1 N–H and O–H groups in total. The second-order valence-electron chi connectivity index (χ2n) is 6.22. The molecule has 0 amide bonds. The summed E-state index contributed by atoms with van der Waals surface area (Å²) in [6, 6.07) is 0. The van der Waals surface area contributed by atoms with Gasteiger partial charge >= 0.3 is 11.9 Å². The smallest absolute Gasteiger partial charge is 0.324 e. The zero-order valence-corrected chi connectivity index (χ0v) is 11.2. The minimum Gasteiger partial charge on any atom is -0.480 e. The van der Waals surface area contributed by atoms with Crippen molar-refractivity contribution in [3.05, 3.63) is 0 Å². The zero-order valence-electron chi connectivity index (χ0n) is 11.2. The van der Waals surface area contributed by atoms with Gasteiger partial charge in [-0.05, 0) is 45.4 Å². The summed E-state index contributed by atoms with van der Waals surface area (Å²) in [5, 5.41) is 9.34. The Balaban J connectivity index is 2.08. The van der Waals surface area contributed by atoms with Crippen LogP contribution in [0.15, 0.2) is 0 Å². The SMILES string of the molecule is CC(C)(OC(=O)C1(C(=O)O)CCCC1)C1CCC1. The van der Waals surface area contributed by atoms with Crippen molar-refractivity contribution in [2.24, 2.45) is 11.3 Å². The van der Waals surface area contributed by atoms with Gasteiger partial charge in [0.15, 0.2) is 5.41 Å². The summed E-state index contributed by atoms with van der Waals surface area (Å²) >= 11 is 0. The Morgan fingerprint density at radius 3 is 2.11 bits per heavy atom. The Labute approximate surface area is 108 Å². The molecule has 0 bridgehead atoms. The second-order valence-corrected chi connectivity index (χ2v) is 6.22. The van der Waals surface area contributed by atoms with Crippen molar-refractivity contribution in [2.45, 2.75) is 64.4 Å². The summed E-state index contributed by atoms with van der Waals surface area (Å²) in [6.07, 6.45) is 5.75. The molecule has 0 aromatic rings. The van der Waals surface area contributed by atoms with E-state index in [9.17, 15) is 14.7 Å². The molecular formula is C14H22O4. The molecule has 0 aromatic carbocycles. The molecule has 0 aliphatic heterocycles. The van der Waals surface area contributed by atoms with Crippen LogP contribution in [-0.4, -0.2) is 22.6 Å². The van der Waals surface area contributed by atoms with Gasteiger partial charge in [-0.25, -0.2) is 0 Å². The van der Waals surface area contributed by atoms with Crippen LogP contribution in [0.1, 0.15) is 58.8 Å². The van der Waals surface area contributed by atoms with Crippen LogP contribution in [-0.2, 0) is 14.3 Å². The molecule has 2 rings (SSSR count). The van der Waals surface area contributed by atoms with Crippen LogP contribution < -0.4 is 0 Å². The van der Waals surface area contributed by atoms with E-state index in [0.29, 0.717) is 18.8 Å². The fourth-order valence-corrected chi connectivity index (χ4v) is 3.01. The topological polar surface area (TPSA) is 63.6 Å². The molecule has 4 nitrogen and oxygen atoms in total. The van der Waals surface area contributed by atoms with E-state index in [0.717, 1.165) is 25.7 Å². The van der Waals surface area contributed by atoms with Gasteiger partial charge in [0.1, 0.15) is 5.60 Å². The van der Waals surface area contributed by atoms with E-state index < -0.39 is 23.0 Å². The first-order chi connectivity index (χ1) is 8.38. The second kappa shape index (κ2) is 4.56. The molecule has 0 aromatic heterocycles. The highest BCUT2D eigenvalue weighted by molar-refractivity contribution is 5.99. The molecule has 0 unspecified atom stereocenters. The van der Waals surface area contributed by atoms with Gasteiger partial charge in [0.05, 0.1) is 0 Å². The number of rotatable bonds is 4. The quantitative estimate of drug-likeness (QED) is 0.619. The largest absolute Gasteiger partial charge is 0.480 e. The average Bonchev–Trinajstić information content (AvgIpc) is 2.61. The number of carbonyl (C=O) groups excluding carboxylic acids is 1. The molecular weight excluding hydrogens is 232 g/mol. The monoisotopic (exact) mass is 254 g/mol. The van der Waals surface area contributed by atoms with Crippen molar-refractivity contribution < 1.29 is 19.4 Å². The van der Waals surface area contributed by atoms with Gasteiger partial charge in [-0.1, -0.05) is 19.3 Å². The van der Waals surface area contributed by atoms with E-state index in [1.165, 1.54) is 6.42 Å². The first-order valence-electron chi connectivity index (χ1n) is 6.85. The predicted octanol–water partition coefficient (Wildman–Crippen LogP) is 2.75. The van der Waals surface area contributed by atoms with E-state index in [-0.39, 0.29) is 0 Å². The number of esters is 1. The van der Waals surface area contributed by atoms with Crippen molar-refractivity contribution >= 4 is 11.9 Å². The van der Waals surface area contributed by atoms with Gasteiger partial charge in [0.2, 0.25) is 0 Å². The van der Waals surface area contributed by atoms with Crippen LogP contribution in [0.25, 0.3) is 0 Å². The van der Waals surface area contributed by atoms with Crippen molar-refractivity contribution in [2.75, 3.05) is 0 Å². The van der Waals surface area contributed by atoms with Gasteiger partial charge in [-0.3, -0.25) is 9.59 Å². The standard InChI is InChI=1S/C14H22O4/c1-13(2,10-6-5-7-10)18-12(17)14(11(15)16)8-3-4-9-14/h10H,3-9H2,1-2H3,(H,15,16). The molecule has 0 saturated heterocycles. The van der Waals surface area contributed by atoms with Crippen LogP contribution in [0.5, 0.6) is 0 Å². The van der Waals surface area contributed by atoms with E-state index in [1.807, 2.05) is 13.8 Å². The third kappa shape index (κ3) is 2.13. The Morgan fingerprint density at radius 2 is 1.72 bits per heavy atom. The van der Waals surface area contributed by atoms with Crippen LogP contribution in [0.4, 0.5) is 0 Å².